The average Bonchev–Trinajstić information content (AvgIpc) is 3.15. The first-order valence-corrected chi connectivity index (χ1v) is 12.7. The predicted octanol–water partition coefficient (Wildman–Crippen LogP) is 4.09. The maximum atomic E-state index is 13.5. The van der Waals surface area contributed by atoms with Crippen LogP contribution in [0.1, 0.15) is 26.3 Å². The molecule has 200 valence electrons. The normalized spacial score (nSPS) is 13.9. The van der Waals surface area contributed by atoms with E-state index in [1.807, 2.05) is 30.3 Å². The van der Waals surface area contributed by atoms with Gasteiger partial charge in [0.15, 0.2) is 11.5 Å². The van der Waals surface area contributed by atoms with Crippen molar-refractivity contribution in [2.45, 2.75) is 6.42 Å². The molecule has 0 saturated heterocycles. The highest BCUT2D eigenvalue weighted by Crippen LogP contribution is 2.37. The summed E-state index contributed by atoms with van der Waals surface area (Å²) in [5.41, 5.74) is 4.18. The smallest absolute Gasteiger partial charge is 0.261 e. The van der Waals surface area contributed by atoms with Crippen molar-refractivity contribution < 1.29 is 23.9 Å². The molecule has 10 nitrogen and oxygen atoms in total. The minimum atomic E-state index is -0.351. The summed E-state index contributed by atoms with van der Waals surface area (Å²) in [7, 11) is 3.14. The van der Waals surface area contributed by atoms with Crippen molar-refractivity contribution in [1.82, 2.24) is 14.9 Å². The van der Waals surface area contributed by atoms with Gasteiger partial charge in [-0.2, -0.15) is 0 Å². The fourth-order valence-electron chi connectivity index (χ4n) is 5.06. The molecular weight excluding hydrogens is 510 g/mol. The minimum Gasteiger partial charge on any atom is -0.493 e. The molecule has 0 bridgehead atoms. The first kappa shape index (κ1) is 25.1. The molecule has 0 radical (unpaired) electrons. The summed E-state index contributed by atoms with van der Waals surface area (Å²) in [6.45, 7) is 0.222. The Morgan fingerprint density at radius 1 is 0.800 bits per heavy atom. The van der Waals surface area contributed by atoms with Crippen molar-refractivity contribution in [3.63, 3.8) is 0 Å². The summed E-state index contributed by atoms with van der Waals surface area (Å²) in [4.78, 5) is 51.3. The quantitative estimate of drug-likeness (QED) is 0.352. The second-order valence-electron chi connectivity index (χ2n) is 9.31. The Labute approximate surface area is 230 Å². The van der Waals surface area contributed by atoms with Crippen LogP contribution < -0.4 is 19.7 Å². The third-order valence-electron chi connectivity index (χ3n) is 7.02. The van der Waals surface area contributed by atoms with Gasteiger partial charge in [-0.3, -0.25) is 19.3 Å². The van der Waals surface area contributed by atoms with Gasteiger partial charge in [-0.15, -0.1) is 0 Å². The van der Waals surface area contributed by atoms with Gasteiger partial charge in [-0.25, -0.2) is 9.97 Å². The van der Waals surface area contributed by atoms with Gasteiger partial charge < -0.3 is 19.7 Å². The second-order valence-corrected chi connectivity index (χ2v) is 9.31. The molecule has 10 heteroatoms. The summed E-state index contributed by atoms with van der Waals surface area (Å²) >= 11 is 0. The monoisotopic (exact) mass is 535 g/mol. The van der Waals surface area contributed by atoms with Crippen LogP contribution >= 0.6 is 0 Å². The molecule has 0 spiro atoms. The standard InChI is InChI=1S/C30H25N5O5/c1-39-24-12-11-19(16-25(24)40-2)32-30-31-17-18-15-26(36)34(23-10-6-5-9-22(23)27(18)33-30)13-14-35-28(37)20-7-3-4-8-21(20)29(35)38/h3-12,16-17H,13-15H2,1-2H3,(H,31,32,33). The molecule has 40 heavy (non-hydrogen) atoms. The van der Waals surface area contributed by atoms with Crippen LogP contribution in [0.25, 0.3) is 11.3 Å². The largest absolute Gasteiger partial charge is 0.493 e. The lowest BCUT2D eigenvalue weighted by atomic mass is 10.1. The van der Waals surface area contributed by atoms with Crippen molar-refractivity contribution in [2.75, 3.05) is 37.5 Å². The van der Waals surface area contributed by atoms with Crippen LogP contribution in [0.15, 0.2) is 72.9 Å². The molecule has 6 rings (SSSR count). The lowest BCUT2D eigenvalue weighted by molar-refractivity contribution is -0.118. The van der Waals surface area contributed by atoms with Crippen LogP contribution in [0.5, 0.6) is 11.5 Å². The van der Waals surface area contributed by atoms with Crippen molar-refractivity contribution in [1.29, 1.82) is 0 Å². The molecule has 1 aromatic heterocycles. The van der Waals surface area contributed by atoms with Crippen LogP contribution in [-0.4, -0.2) is 59.9 Å². The van der Waals surface area contributed by atoms with Gasteiger partial charge >= 0.3 is 0 Å². The second kappa shape index (κ2) is 10.1. The lowest BCUT2D eigenvalue weighted by Gasteiger charge is -2.25. The number of carbonyl (C=O) groups excluding carboxylic acids is 3. The highest BCUT2D eigenvalue weighted by molar-refractivity contribution is 6.21. The maximum absolute atomic E-state index is 13.5. The SMILES string of the molecule is COc1ccc(Nc2ncc3c(n2)-c2ccccc2N(CCN2C(=O)c4ccccc4C2=O)C(=O)C3)cc1OC. The Bertz CT molecular complexity index is 1640. The number of rotatable bonds is 7. The number of methoxy groups -OCH3 is 2. The number of hydrogen-bond donors (Lipinski definition) is 1. The summed E-state index contributed by atoms with van der Waals surface area (Å²) in [6.07, 6.45) is 1.72. The third kappa shape index (κ3) is 4.29. The van der Waals surface area contributed by atoms with Crippen molar-refractivity contribution in [2.24, 2.45) is 0 Å². The van der Waals surface area contributed by atoms with Crippen LogP contribution in [0.3, 0.4) is 0 Å². The number of carbonyl (C=O) groups is 3. The van der Waals surface area contributed by atoms with E-state index < -0.39 is 0 Å². The molecule has 3 heterocycles. The lowest BCUT2D eigenvalue weighted by Crippen LogP contribution is -2.41. The van der Waals surface area contributed by atoms with Crippen molar-refractivity contribution >= 4 is 35.0 Å². The predicted molar refractivity (Wildman–Crippen MR) is 148 cm³/mol. The van der Waals surface area contributed by atoms with Gasteiger partial charge in [-0.05, 0) is 30.3 Å². The van der Waals surface area contributed by atoms with E-state index in [-0.39, 0.29) is 37.2 Å². The number of nitrogens with one attached hydrogen (secondary N) is 1. The van der Waals surface area contributed by atoms with E-state index in [9.17, 15) is 14.4 Å². The number of fused-ring (bicyclic) bond motifs is 4. The number of nitrogens with zero attached hydrogens (tertiary/aromatic N) is 4. The van der Waals surface area contributed by atoms with Crippen LogP contribution in [0, 0.1) is 0 Å². The molecule has 0 unspecified atom stereocenters. The minimum absolute atomic E-state index is 0.0700. The zero-order chi connectivity index (χ0) is 27.8. The van der Waals surface area contributed by atoms with Gasteiger partial charge in [0.2, 0.25) is 11.9 Å². The van der Waals surface area contributed by atoms with Crippen LogP contribution in [-0.2, 0) is 11.2 Å². The first-order chi connectivity index (χ1) is 19.5. The average molecular weight is 536 g/mol. The number of para-hydroxylation sites is 1. The fraction of sp³-hybridized carbons (Fsp3) is 0.167. The van der Waals surface area contributed by atoms with Crippen molar-refractivity contribution in [3.8, 4) is 22.8 Å². The molecule has 2 aliphatic heterocycles. The molecular formula is C30H25N5O5. The van der Waals surface area contributed by atoms with Crippen LogP contribution in [0.4, 0.5) is 17.3 Å². The Balaban J connectivity index is 1.28. The number of hydrogen-bond acceptors (Lipinski definition) is 8. The molecule has 3 aromatic carbocycles. The zero-order valence-electron chi connectivity index (χ0n) is 21.9. The van der Waals surface area contributed by atoms with E-state index in [0.717, 1.165) is 5.56 Å². The number of ether oxygens (including phenoxy) is 2. The van der Waals surface area contributed by atoms with Crippen molar-refractivity contribution in [3.05, 3.63) is 89.6 Å². The molecule has 0 atom stereocenters. The Kier molecular flexibility index (Phi) is 6.35. The summed E-state index contributed by atoms with van der Waals surface area (Å²) < 4.78 is 10.7. The number of amides is 3. The fourth-order valence-corrected chi connectivity index (χ4v) is 5.06. The number of anilines is 3. The van der Waals surface area contributed by atoms with Crippen LogP contribution in [0.2, 0.25) is 0 Å². The first-order valence-electron chi connectivity index (χ1n) is 12.7. The molecule has 1 N–H and O–H groups in total. The molecule has 3 amide bonds. The Hall–Kier alpha value is -5.25. The maximum Gasteiger partial charge on any atom is 0.261 e. The highest BCUT2D eigenvalue weighted by atomic mass is 16.5. The summed E-state index contributed by atoms with van der Waals surface area (Å²) in [5, 5.41) is 3.20. The van der Waals surface area contributed by atoms with E-state index in [0.29, 0.717) is 51.2 Å². The van der Waals surface area contributed by atoms with Gasteiger partial charge in [0.05, 0.1) is 43.1 Å². The highest BCUT2D eigenvalue weighted by Gasteiger charge is 2.36. The third-order valence-corrected chi connectivity index (χ3v) is 7.02. The molecule has 0 fully saturated rings. The van der Waals surface area contributed by atoms with E-state index in [1.165, 1.54) is 4.90 Å². The number of aromatic nitrogens is 2. The van der Waals surface area contributed by atoms with E-state index in [2.05, 4.69) is 10.3 Å². The van der Waals surface area contributed by atoms with E-state index in [4.69, 9.17) is 14.5 Å². The molecule has 0 aliphatic carbocycles. The van der Waals surface area contributed by atoms with Gasteiger partial charge in [0.1, 0.15) is 0 Å². The van der Waals surface area contributed by atoms with E-state index >= 15 is 0 Å². The number of imide groups is 1. The molecule has 2 aliphatic rings. The number of benzene rings is 3. The molecule has 0 saturated carbocycles. The van der Waals surface area contributed by atoms with Gasteiger partial charge in [-0.1, -0.05) is 30.3 Å². The zero-order valence-corrected chi connectivity index (χ0v) is 21.9. The topological polar surface area (TPSA) is 114 Å². The van der Waals surface area contributed by atoms with Gasteiger partial charge in [0, 0.05) is 42.2 Å². The summed E-state index contributed by atoms with van der Waals surface area (Å²) in [5.74, 6) is 0.642. The Morgan fingerprint density at radius 2 is 1.45 bits per heavy atom. The van der Waals surface area contributed by atoms with Gasteiger partial charge in [0.25, 0.3) is 11.8 Å². The Morgan fingerprint density at radius 3 is 2.15 bits per heavy atom. The molecule has 4 aromatic rings. The summed E-state index contributed by atoms with van der Waals surface area (Å²) in [6, 6.07) is 19.6. The van der Waals surface area contributed by atoms with E-state index in [1.54, 1.807) is 61.7 Å².